The minimum atomic E-state index is -0.0301. The quantitative estimate of drug-likeness (QED) is 0.780. The van der Waals surface area contributed by atoms with E-state index in [-0.39, 0.29) is 6.04 Å². The van der Waals surface area contributed by atoms with Crippen LogP contribution >= 0.6 is 0 Å². The Balaban J connectivity index is 1.78. The molecule has 0 spiro atoms. The second kappa shape index (κ2) is 6.55. The number of allylic oxidation sites excluding steroid dienone is 1. The van der Waals surface area contributed by atoms with E-state index in [9.17, 15) is 0 Å². The number of benzene rings is 2. The fourth-order valence-electron chi connectivity index (χ4n) is 3.11. The van der Waals surface area contributed by atoms with Gasteiger partial charge in [-0.15, -0.1) is 0 Å². The zero-order chi connectivity index (χ0) is 18.1. The Hall–Kier alpha value is -3.28. The molecule has 0 saturated carbocycles. The summed E-state index contributed by atoms with van der Waals surface area (Å²) in [6, 6.07) is 14.3. The van der Waals surface area contributed by atoms with Gasteiger partial charge in [0, 0.05) is 11.3 Å². The number of hydrogen-bond donors (Lipinski definition) is 1. The number of methoxy groups -OCH3 is 2. The fourth-order valence-corrected chi connectivity index (χ4v) is 3.11. The van der Waals surface area contributed by atoms with Crippen molar-refractivity contribution in [2.45, 2.75) is 13.0 Å². The Morgan fingerprint density at radius 1 is 1.00 bits per heavy atom. The van der Waals surface area contributed by atoms with Crippen LogP contribution in [0.25, 0.3) is 5.70 Å². The number of aromatic nitrogens is 3. The number of nitrogens with one attached hydrogen (secondary N) is 1. The van der Waals surface area contributed by atoms with Crippen LogP contribution in [0.2, 0.25) is 0 Å². The first-order valence-corrected chi connectivity index (χ1v) is 8.37. The maximum absolute atomic E-state index is 5.43. The summed E-state index contributed by atoms with van der Waals surface area (Å²) in [6.45, 7) is 2.08. The van der Waals surface area contributed by atoms with Gasteiger partial charge in [-0.3, -0.25) is 0 Å². The van der Waals surface area contributed by atoms with E-state index >= 15 is 0 Å². The number of hydrogen-bond acceptors (Lipinski definition) is 5. The highest BCUT2D eigenvalue weighted by atomic mass is 16.5. The molecule has 1 atom stereocenters. The minimum Gasteiger partial charge on any atom is -0.493 e. The number of aryl methyl sites for hydroxylation is 1. The van der Waals surface area contributed by atoms with Crippen molar-refractivity contribution in [1.82, 2.24) is 14.8 Å². The van der Waals surface area contributed by atoms with Gasteiger partial charge in [-0.05, 0) is 36.8 Å². The summed E-state index contributed by atoms with van der Waals surface area (Å²) in [6.07, 6.45) is 3.71. The van der Waals surface area contributed by atoms with Crippen molar-refractivity contribution in [2.24, 2.45) is 0 Å². The molecule has 0 bridgehead atoms. The molecule has 0 radical (unpaired) electrons. The van der Waals surface area contributed by atoms with E-state index in [1.807, 2.05) is 22.9 Å². The molecule has 1 aromatic heterocycles. The highest BCUT2D eigenvalue weighted by Gasteiger charge is 2.23. The normalized spacial score (nSPS) is 15.7. The Morgan fingerprint density at radius 2 is 1.77 bits per heavy atom. The van der Waals surface area contributed by atoms with Gasteiger partial charge in [0.25, 0.3) is 0 Å². The summed E-state index contributed by atoms with van der Waals surface area (Å²) in [4.78, 5) is 4.35. The molecule has 2 heterocycles. The molecule has 1 aliphatic rings. The van der Waals surface area contributed by atoms with E-state index < -0.39 is 0 Å². The summed E-state index contributed by atoms with van der Waals surface area (Å²) >= 11 is 0. The summed E-state index contributed by atoms with van der Waals surface area (Å²) < 4.78 is 12.7. The van der Waals surface area contributed by atoms with Gasteiger partial charge in [-0.1, -0.05) is 29.8 Å². The zero-order valence-corrected chi connectivity index (χ0v) is 14.9. The predicted octanol–water partition coefficient (Wildman–Crippen LogP) is 3.66. The van der Waals surface area contributed by atoms with Crippen molar-refractivity contribution in [3.8, 4) is 11.5 Å². The maximum Gasteiger partial charge on any atom is 0.226 e. The highest BCUT2D eigenvalue weighted by molar-refractivity contribution is 5.78. The smallest absolute Gasteiger partial charge is 0.226 e. The van der Waals surface area contributed by atoms with Crippen molar-refractivity contribution in [1.29, 1.82) is 0 Å². The van der Waals surface area contributed by atoms with Gasteiger partial charge in [-0.2, -0.15) is 10.1 Å². The van der Waals surface area contributed by atoms with Gasteiger partial charge < -0.3 is 14.8 Å². The molecular weight excluding hydrogens is 328 g/mol. The lowest BCUT2D eigenvalue weighted by molar-refractivity contribution is 0.355. The second-order valence-corrected chi connectivity index (χ2v) is 6.16. The van der Waals surface area contributed by atoms with Gasteiger partial charge in [-0.25, -0.2) is 4.68 Å². The Labute approximate surface area is 152 Å². The van der Waals surface area contributed by atoms with Crippen molar-refractivity contribution < 1.29 is 9.47 Å². The first-order valence-electron chi connectivity index (χ1n) is 8.37. The Kier molecular flexibility index (Phi) is 4.08. The number of rotatable bonds is 4. The van der Waals surface area contributed by atoms with Crippen LogP contribution < -0.4 is 14.8 Å². The molecule has 26 heavy (non-hydrogen) atoms. The average Bonchev–Trinajstić information content (AvgIpc) is 3.16. The molecule has 3 aromatic rings. The predicted molar refractivity (Wildman–Crippen MR) is 100 cm³/mol. The molecule has 6 heteroatoms. The van der Waals surface area contributed by atoms with Gasteiger partial charge in [0.15, 0.2) is 11.5 Å². The van der Waals surface area contributed by atoms with Crippen molar-refractivity contribution in [3.63, 3.8) is 0 Å². The van der Waals surface area contributed by atoms with Crippen LogP contribution in [0.5, 0.6) is 11.5 Å². The van der Waals surface area contributed by atoms with Gasteiger partial charge in [0.1, 0.15) is 12.4 Å². The molecule has 0 saturated heterocycles. The van der Waals surface area contributed by atoms with Crippen LogP contribution in [0.15, 0.2) is 54.9 Å². The number of nitrogens with zero attached hydrogens (tertiary/aromatic N) is 3. The van der Waals surface area contributed by atoms with Crippen molar-refractivity contribution in [2.75, 3.05) is 19.5 Å². The molecule has 132 valence electrons. The molecule has 1 N–H and O–H groups in total. The third kappa shape index (κ3) is 2.79. The molecule has 1 aliphatic heterocycles. The lowest BCUT2D eigenvalue weighted by atomic mass is 10.0. The van der Waals surface area contributed by atoms with E-state index in [1.165, 1.54) is 5.56 Å². The Morgan fingerprint density at radius 3 is 2.50 bits per heavy atom. The van der Waals surface area contributed by atoms with Crippen LogP contribution in [0, 0.1) is 6.92 Å². The molecular formula is C20H20N4O2. The number of ether oxygens (including phenoxy) is 2. The highest BCUT2D eigenvalue weighted by Crippen LogP contribution is 2.35. The fraction of sp³-hybridized carbons (Fsp3) is 0.200. The van der Waals surface area contributed by atoms with Crippen molar-refractivity contribution in [3.05, 3.63) is 71.6 Å². The molecule has 0 amide bonds. The first kappa shape index (κ1) is 16.2. The van der Waals surface area contributed by atoms with Crippen LogP contribution in [0.1, 0.15) is 22.7 Å². The van der Waals surface area contributed by atoms with E-state index in [0.717, 1.165) is 16.8 Å². The molecule has 0 unspecified atom stereocenters. The zero-order valence-electron chi connectivity index (χ0n) is 14.9. The number of anilines is 1. The van der Waals surface area contributed by atoms with Crippen molar-refractivity contribution >= 4 is 11.6 Å². The molecule has 2 aromatic carbocycles. The van der Waals surface area contributed by atoms with E-state index in [4.69, 9.17) is 9.47 Å². The topological polar surface area (TPSA) is 61.2 Å². The number of fused-ring (bicyclic) bond motifs is 1. The van der Waals surface area contributed by atoms with E-state index in [0.29, 0.717) is 17.4 Å². The first-order chi connectivity index (χ1) is 12.7. The van der Waals surface area contributed by atoms with E-state index in [2.05, 4.69) is 52.7 Å². The largest absolute Gasteiger partial charge is 0.493 e. The van der Waals surface area contributed by atoms with Gasteiger partial charge in [0.2, 0.25) is 5.95 Å². The lowest BCUT2D eigenvalue weighted by Crippen LogP contribution is -2.20. The van der Waals surface area contributed by atoms with Crippen LogP contribution in [0.4, 0.5) is 5.95 Å². The summed E-state index contributed by atoms with van der Waals surface area (Å²) in [5.41, 5.74) is 4.33. The second-order valence-electron chi connectivity index (χ2n) is 6.16. The van der Waals surface area contributed by atoms with Crippen LogP contribution in [-0.2, 0) is 0 Å². The summed E-state index contributed by atoms with van der Waals surface area (Å²) in [7, 11) is 3.27. The van der Waals surface area contributed by atoms with E-state index in [1.54, 1.807) is 20.5 Å². The monoisotopic (exact) mass is 348 g/mol. The standard InChI is InChI=1S/C20H20N4O2/c1-13-4-6-14(7-5-13)17-11-16(23-20-21-12-22-24(17)20)15-8-9-18(25-2)19(10-15)26-3/h4-12,17H,1-3H3,(H,21,22,23)/t17-/m1/s1. The SMILES string of the molecule is COc1ccc(C2=C[C@H](c3ccc(C)cc3)n3ncnc3N2)cc1OC. The van der Waals surface area contributed by atoms with Gasteiger partial charge in [0.05, 0.1) is 14.2 Å². The van der Waals surface area contributed by atoms with Gasteiger partial charge >= 0.3 is 0 Å². The third-order valence-corrected chi connectivity index (χ3v) is 4.52. The molecule has 0 aliphatic carbocycles. The summed E-state index contributed by atoms with van der Waals surface area (Å²) in [5.74, 6) is 2.10. The van der Waals surface area contributed by atoms with Crippen LogP contribution in [-0.4, -0.2) is 29.0 Å². The summed E-state index contributed by atoms with van der Waals surface area (Å²) in [5, 5.41) is 7.73. The molecule has 4 rings (SSSR count). The average molecular weight is 348 g/mol. The third-order valence-electron chi connectivity index (χ3n) is 4.52. The lowest BCUT2D eigenvalue weighted by Gasteiger charge is -2.25. The Bertz CT molecular complexity index is 960. The molecule has 0 fully saturated rings. The maximum atomic E-state index is 5.43. The minimum absolute atomic E-state index is 0.0301. The molecule has 6 nitrogen and oxygen atoms in total. The van der Waals surface area contributed by atoms with Crippen LogP contribution in [0.3, 0.4) is 0 Å².